The second-order valence-corrected chi connectivity index (χ2v) is 4.79. The van der Waals surface area contributed by atoms with Gasteiger partial charge in [-0.3, -0.25) is 4.68 Å². The summed E-state index contributed by atoms with van der Waals surface area (Å²) in [6.45, 7) is 0.983. The van der Waals surface area contributed by atoms with Crippen molar-refractivity contribution in [3.05, 3.63) is 32.8 Å². The molecule has 86 valence electrons. The van der Waals surface area contributed by atoms with Crippen molar-refractivity contribution in [2.24, 2.45) is 0 Å². The van der Waals surface area contributed by atoms with Crippen LogP contribution in [-0.4, -0.2) is 22.0 Å². The quantitative estimate of drug-likeness (QED) is 0.850. The molecule has 7 heteroatoms. The first-order valence-corrected chi connectivity index (χ1v) is 6.10. The Bertz CT molecular complexity index is 481. The van der Waals surface area contributed by atoms with E-state index in [1.54, 1.807) is 11.8 Å². The zero-order valence-electron chi connectivity index (χ0n) is 8.48. The van der Waals surface area contributed by atoms with Gasteiger partial charge in [0.15, 0.2) is 5.76 Å². The Balaban J connectivity index is 2.11. The summed E-state index contributed by atoms with van der Waals surface area (Å²) in [6.07, 6.45) is 0. The van der Waals surface area contributed by atoms with Crippen molar-refractivity contribution in [1.29, 1.82) is 0 Å². The molecule has 16 heavy (non-hydrogen) atoms. The standard InChI is InChI=1S/C9H9Br2N3O2/c1-15-5-7-2-6(13-16-7)4-14-9(11)3-8(10)12-14/h2-3H,4-5H2,1H3. The van der Waals surface area contributed by atoms with Gasteiger partial charge in [-0.2, -0.15) is 5.10 Å². The van der Waals surface area contributed by atoms with Crippen molar-refractivity contribution in [2.75, 3.05) is 7.11 Å². The summed E-state index contributed by atoms with van der Waals surface area (Å²) < 4.78 is 13.5. The Kier molecular flexibility index (Phi) is 3.78. The Morgan fingerprint density at radius 2 is 2.25 bits per heavy atom. The number of hydrogen-bond acceptors (Lipinski definition) is 4. The molecule has 0 aromatic carbocycles. The third-order valence-electron chi connectivity index (χ3n) is 1.91. The molecule has 2 heterocycles. The van der Waals surface area contributed by atoms with Gasteiger partial charge in [0.1, 0.15) is 21.5 Å². The van der Waals surface area contributed by atoms with E-state index >= 15 is 0 Å². The van der Waals surface area contributed by atoms with Crippen LogP contribution in [-0.2, 0) is 17.9 Å². The van der Waals surface area contributed by atoms with E-state index in [1.165, 1.54) is 0 Å². The van der Waals surface area contributed by atoms with Crippen LogP contribution < -0.4 is 0 Å². The summed E-state index contributed by atoms with van der Waals surface area (Å²) >= 11 is 6.70. The summed E-state index contributed by atoms with van der Waals surface area (Å²) in [6, 6.07) is 3.72. The maximum Gasteiger partial charge on any atom is 0.162 e. The van der Waals surface area contributed by atoms with E-state index < -0.39 is 0 Å². The van der Waals surface area contributed by atoms with Crippen molar-refractivity contribution in [3.63, 3.8) is 0 Å². The molecular weight excluding hydrogens is 342 g/mol. The molecule has 2 aromatic heterocycles. The number of aromatic nitrogens is 3. The van der Waals surface area contributed by atoms with Crippen molar-refractivity contribution in [1.82, 2.24) is 14.9 Å². The summed E-state index contributed by atoms with van der Waals surface area (Å²) in [4.78, 5) is 0. The number of halogens is 2. The molecule has 0 amide bonds. The molecule has 0 N–H and O–H groups in total. The van der Waals surface area contributed by atoms with E-state index in [4.69, 9.17) is 9.26 Å². The van der Waals surface area contributed by atoms with Crippen LogP contribution in [0.1, 0.15) is 11.5 Å². The second-order valence-electron chi connectivity index (χ2n) is 3.17. The normalized spacial score (nSPS) is 10.9. The zero-order chi connectivity index (χ0) is 11.5. The van der Waals surface area contributed by atoms with E-state index in [0.29, 0.717) is 18.9 Å². The summed E-state index contributed by atoms with van der Waals surface area (Å²) in [5.41, 5.74) is 0.809. The largest absolute Gasteiger partial charge is 0.377 e. The van der Waals surface area contributed by atoms with Gasteiger partial charge >= 0.3 is 0 Å². The topological polar surface area (TPSA) is 53.1 Å². The Morgan fingerprint density at radius 3 is 2.88 bits per heavy atom. The lowest BCUT2D eigenvalue weighted by Gasteiger charge is -1.97. The average molecular weight is 351 g/mol. The van der Waals surface area contributed by atoms with E-state index in [9.17, 15) is 0 Å². The maximum absolute atomic E-state index is 5.08. The highest BCUT2D eigenvalue weighted by Gasteiger charge is 2.08. The van der Waals surface area contributed by atoms with Gasteiger partial charge in [-0.25, -0.2) is 0 Å². The van der Waals surface area contributed by atoms with Crippen molar-refractivity contribution < 1.29 is 9.26 Å². The van der Waals surface area contributed by atoms with Crippen LogP contribution in [0.25, 0.3) is 0 Å². The first-order valence-electron chi connectivity index (χ1n) is 4.51. The van der Waals surface area contributed by atoms with Crippen LogP contribution in [0.5, 0.6) is 0 Å². The molecule has 0 atom stereocenters. The van der Waals surface area contributed by atoms with Gasteiger partial charge in [-0.15, -0.1) is 0 Å². The molecule has 5 nitrogen and oxygen atoms in total. The Morgan fingerprint density at radius 1 is 1.44 bits per heavy atom. The van der Waals surface area contributed by atoms with E-state index in [0.717, 1.165) is 14.9 Å². The highest BCUT2D eigenvalue weighted by atomic mass is 79.9. The molecule has 0 saturated carbocycles. The molecule has 0 aliphatic carbocycles. The molecule has 0 unspecified atom stereocenters. The average Bonchev–Trinajstić information content (AvgIpc) is 2.76. The number of rotatable bonds is 4. The molecule has 0 fully saturated rings. The monoisotopic (exact) mass is 349 g/mol. The lowest BCUT2D eigenvalue weighted by molar-refractivity contribution is 0.155. The predicted octanol–water partition coefficient (Wildman–Crippen LogP) is 2.59. The van der Waals surface area contributed by atoms with Gasteiger partial charge < -0.3 is 9.26 Å². The van der Waals surface area contributed by atoms with Crippen LogP contribution in [0.15, 0.2) is 25.9 Å². The van der Waals surface area contributed by atoms with Gasteiger partial charge in [-0.05, 0) is 31.9 Å². The smallest absolute Gasteiger partial charge is 0.162 e. The fraction of sp³-hybridized carbons (Fsp3) is 0.333. The SMILES string of the molecule is COCc1cc(Cn2nc(Br)cc2Br)no1. The fourth-order valence-corrected chi connectivity index (χ4v) is 2.41. The van der Waals surface area contributed by atoms with E-state index in [1.807, 2.05) is 12.1 Å². The fourth-order valence-electron chi connectivity index (χ4n) is 1.27. The van der Waals surface area contributed by atoms with Crippen molar-refractivity contribution in [3.8, 4) is 0 Å². The number of methoxy groups -OCH3 is 1. The van der Waals surface area contributed by atoms with E-state index in [2.05, 4.69) is 42.1 Å². The Labute approximate surface area is 109 Å². The van der Waals surface area contributed by atoms with Crippen LogP contribution in [0.2, 0.25) is 0 Å². The molecule has 2 aromatic rings. The number of nitrogens with zero attached hydrogens (tertiary/aromatic N) is 3. The predicted molar refractivity (Wildman–Crippen MR) is 63.9 cm³/mol. The zero-order valence-corrected chi connectivity index (χ0v) is 11.7. The van der Waals surface area contributed by atoms with Gasteiger partial charge in [0.2, 0.25) is 0 Å². The van der Waals surface area contributed by atoms with Gasteiger partial charge in [0, 0.05) is 19.2 Å². The molecule has 0 spiro atoms. The lowest BCUT2D eigenvalue weighted by Crippen LogP contribution is -2.01. The van der Waals surface area contributed by atoms with Crippen LogP contribution in [0.3, 0.4) is 0 Å². The van der Waals surface area contributed by atoms with Crippen LogP contribution >= 0.6 is 31.9 Å². The molecular formula is C9H9Br2N3O2. The third-order valence-corrected chi connectivity index (χ3v) is 2.93. The second kappa shape index (κ2) is 5.11. The highest BCUT2D eigenvalue weighted by Crippen LogP contribution is 2.17. The molecule has 0 aliphatic rings. The van der Waals surface area contributed by atoms with E-state index in [-0.39, 0.29) is 0 Å². The molecule has 0 aliphatic heterocycles. The highest BCUT2D eigenvalue weighted by molar-refractivity contribution is 9.11. The number of ether oxygens (including phenoxy) is 1. The van der Waals surface area contributed by atoms with Crippen molar-refractivity contribution in [2.45, 2.75) is 13.2 Å². The summed E-state index contributed by atoms with van der Waals surface area (Å²) in [5.74, 6) is 0.708. The summed E-state index contributed by atoms with van der Waals surface area (Å²) in [5, 5.41) is 8.16. The molecule has 0 saturated heterocycles. The van der Waals surface area contributed by atoms with Gasteiger partial charge in [-0.1, -0.05) is 5.16 Å². The van der Waals surface area contributed by atoms with Crippen LogP contribution in [0.4, 0.5) is 0 Å². The van der Waals surface area contributed by atoms with Gasteiger partial charge in [0.25, 0.3) is 0 Å². The molecule has 0 bridgehead atoms. The summed E-state index contributed by atoms with van der Waals surface area (Å²) in [7, 11) is 1.61. The lowest BCUT2D eigenvalue weighted by atomic mass is 10.4. The minimum absolute atomic E-state index is 0.428. The van der Waals surface area contributed by atoms with Crippen LogP contribution in [0, 0.1) is 0 Å². The molecule has 0 radical (unpaired) electrons. The minimum atomic E-state index is 0.428. The first-order chi connectivity index (χ1) is 7.69. The third kappa shape index (κ3) is 2.72. The molecule has 2 rings (SSSR count). The maximum atomic E-state index is 5.08. The Hall–Kier alpha value is -0.660. The minimum Gasteiger partial charge on any atom is -0.377 e. The van der Waals surface area contributed by atoms with Gasteiger partial charge in [0.05, 0.1) is 6.54 Å². The van der Waals surface area contributed by atoms with Crippen molar-refractivity contribution >= 4 is 31.9 Å². The number of hydrogen-bond donors (Lipinski definition) is 0. The first kappa shape index (κ1) is 11.8.